The predicted octanol–water partition coefficient (Wildman–Crippen LogP) is 2.26. The van der Waals surface area contributed by atoms with Gasteiger partial charge in [-0.25, -0.2) is 4.39 Å². The van der Waals surface area contributed by atoms with Crippen LogP contribution in [-0.4, -0.2) is 42.8 Å². The standard InChI is InChI=1S/C18H23FN2O2/c19-16-4-2-1-3-15(16)13-5-7-21(8-6-13)17(22)14-9-18(10-14)11-23-12-20-18/h1-4,13-14,20H,5-12H2. The number of carbonyl (C=O) groups is 1. The lowest BCUT2D eigenvalue weighted by Gasteiger charge is -2.45. The number of carbonyl (C=O) groups excluding carboxylic acids is 1. The topological polar surface area (TPSA) is 41.6 Å². The van der Waals surface area contributed by atoms with Crippen molar-refractivity contribution in [2.45, 2.75) is 37.1 Å². The van der Waals surface area contributed by atoms with Gasteiger partial charge in [0.1, 0.15) is 5.82 Å². The number of ether oxygens (including phenoxy) is 1. The summed E-state index contributed by atoms with van der Waals surface area (Å²) < 4.78 is 19.3. The van der Waals surface area contributed by atoms with Gasteiger partial charge in [-0.15, -0.1) is 0 Å². The molecule has 0 aromatic heterocycles. The van der Waals surface area contributed by atoms with Crippen molar-refractivity contribution in [1.82, 2.24) is 10.2 Å². The van der Waals surface area contributed by atoms with Crippen LogP contribution in [-0.2, 0) is 9.53 Å². The third-order valence-corrected chi connectivity index (χ3v) is 5.70. The van der Waals surface area contributed by atoms with E-state index < -0.39 is 0 Å². The summed E-state index contributed by atoms with van der Waals surface area (Å²) in [5.74, 6) is 0.522. The van der Waals surface area contributed by atoms with Crippen LogP contribution in [0.3, 0.4) is 0 Å². The van der Waals surface area contributed by atoms with E-state index in [9.17, 15) is 9.18 Å². The van der Waals surface area contributed by atoms with Gasteiger partial charge in [-0.1, -0.05) is 18.2 Å². The second-order valence-electron chi connectivity index (χ2n) is 7.18. The molecule has 1 amide bonds. The number of amides is 1. The molecule has 0 bridgehead atoms. The molecule has 1 aromatic carbocycles. The lowest BCUT2D eigenvalue weighted by molar-refractivity contribution is -0.142. The number of hydrogen-bond acceptors (Lipinski definition) is 3. The Morgan fingerprint density at radius 1 is 1.26 bits per heavy atom. The van der Waals surface area contributed by atoms with Crippen molar-refractivity contribution in [3.63, 3.8) is 0 Å². The van der Waals surface area contributed by atoms with Crippen LogP contribution in [0.4, 0.5) is 4.39 Å². The molecule has 124 valence electrons. The summed E-state index contributed by atoms with van der Waals surface area (Å²) in [4.78, 5) is 14.6. The Hall–Kier alpha value is -1.46. The van der Waals surface area contributed by atoms with Crippen LogP contribution in [0.2, 0.25) is 0 Å². The molecule has 2 saturated heterocycles. The molecule has 1 aliphatic carbocycles. The second-order valence-corrected chi connectivity index (χ2v) is 7.18. The lowest BCUT2D eigenvalue weighted by Crippen LogP contribution is -2.58. The zero-order valence-corrected chi connectivity index (χ0v) is 13.3. The number of nitrogens with one attached hydrogen (secondary N) is 1. The molecule has 1 aromatic rings. The highest BCUT2D eigenvalue weighted by Gasteiger charge is 2.50. The molecular weight excluding hydrogens is 295 g/mol. The summed E-state index contributed by atoms with van der Waals surface area (Å²) in [5, 5.41) is 3.36. The van der Waals surface area contributed by atoms with Crippen molar-refractivity contribution >= 4 is 5.91 Å². The summed E-state index contributed by atoms with van der Waals surface area (Å²) in [5.41, 5.74) is 0.862. The highest BCUT2D eigenvalue weighted by Crippen LogP contribution is 2.41. The van der Waals surface area contributed by atoms with E-state index in [4.69, 9.17) is 4.74 Å². The zero-order valence-electron chi connectivity index (χ0n) is 13.3. The van der Waals surface area contributed by atoms with Crippen molar-refractivity contribution in [3.8, 4) is 0 Å². The summed E-state index contributed by atoms with van der Waals surface area (Å²) in [6, 6.07) is 7.02. The highest BCUT2D eigenvalue weighted by molar-refractivity contribution is 5.80. The lowest BCUT2D eigenvalue weighted by atomic mass is 9.68. The SMILES string of the molecule is O=C(C1CC2(COCN2)C1)N1CCC(c2ccccc2F)CC1. The molecule has 1 N–H and O–H groups in total. The molecule has 4 rings (SSSR count). The molecule has 0 atom stereocenters. The van der Waals surface area contributed by atoms with Gasteiger partial charge < -0.3 is 9.64 Å². The number of halogens is 1. The summed E-state index contributed by atoms with van der Waals surface area (Å²) in [6.07, 6.45) is 3.48. The fourth-order valence-electron chi connectivity index (χ4n) is 4.30. The van der Waals surface area contributed by atoms with Crippen LogP contribution >= 0.6 is 0 Å². The Bertz CT molecular complexity index is 584. The number of benzene rings is 1. The molecule has 4 nitrogen and oxygen atoms in total. The van der Waals surface area contributed by atoms with E-state index in [0.29, 0.717) is 6.73 Å². The molecule has 1 spiro atoms. The third kappa shape index (κ3) is 2.76. The Morgan fingerprint density at radius 2 is 2.00 bits per heavy atom. The average Bonchev–Trinajstić information content (AvgIpc) is 3.04. The Kier molecular flexibility index (Phi) is 3.85. The van der Waals surface area contributed by atoms with Gasteiger partial charge in [0.15, 0.2) is 0 Å². The number of likely N-dealkylation sites (tertiary alicyclic amines) is 1. The fraction of sp³-hybridized carbons (Fsp3) is 0.611. The van der Waals surface area contributed by atoms with E-state index in [0.717, 1.165) is 50.9 Å². The molecule has 0 unspecified atom stereocenters. The number of hydrogen-bond donors (Lipinski definition) is 1. The van der Waals surface area contributed by atoms with Crippen LogP contribution in [0.5, 0.6) is 0 Å². The van der Waals surface area contributed by atoms with Crippen LogP contribution in [0, 0.1) is 11.7 Å². The normalized spacial score (nSPS) is 31.3. The maximum atomic E-state index is 13.9. The van der Waals surface area contributed by atoms with Gasteiger partial charge in [0.05, 0.1) is 13.3 Å². The fourth-order valence-corrected chi connectivity index (χ4v) is 4.30. The van der Waals surface area contributed by atoms with E-state index in [2.05, 4.69) is 5.32 Å². The average molecular weight is 318 g/mol. The number of nitrogens with zero attached hydrogens (tertiary/aromatic N) is 1. The first-order valence-electron chi connectivity index (χ1n) is 8.53. The number of rotatable bonds is 2. The van der Waals surface area contributed by atoms with Crippen molar-refractivity contribution in [1.29, 1.82) is 0 Å². The third-order valence-electron chi connectivity index (χ3n) is 5.70. The molecule has 3 fully saturated rings. The maximum absolute atomic E-state index is 13.9. The number of piperidine rings is 1. The van der Waals surface area contributed by atoms with Crippen molar-refractivity contribution in [3.05, 3.63) is 35.6 Å². The quantitative estimate of drug-likeness (QED) is 0.909. The molecule has 2 aliphatic heterocycles. The van der Waals surface area contributed by atoms with E-state index in [-0.39, 0.29) is 29.1 Å². The van der Waals surface area contributed by atoms with Gasteiger partial charge in [0.2, 0.25) is 5.91 Å². The van der Waals surface area contributed by atoms with E-state index in [1.807, 2.05) is 17.0 Å². The van der Waals surface area contributed by atoms with Crippen LogP contribution in [0.25, 0.3) is 0 Å². The van der Waals surface area contributed by atoms with Gasteiger partial charge in [-0.05, 0) is 43.2 Å². The van der Waals surface area contributed by atoms with Crippen molar-refractivity contribution in [2.24, 2.45) is 5.92 Å². The Balaban J connectivity index is 1.31. The molecule has 1 saturated carbocycles. The van der Waals surface area contributed by atoms with E-state index in [1.165, 1.54) is 6.07 Å². The molecule has 5 heteroatoms. The first-order valence-corrected chi connectivity index (χ1v) is 8.53. The maximum Gasteiger partial charge on any atom is 0.225 e. The molecule has 23 heavy (non-hydrogen) atoms. The minimum Gasteiger partial charge on any atom is -0.364 e. The summed E-state index contributed by atoms with van der Waals surface area (Å²) in [7, 11) is 0. The van der Waals surface area contributed by atoms with Crippen LogP contribution < -0.4 is 5.32 Å². The zero-order chi connectivity index (χ0) is 15.9. The van der Waals surface area contributed by atoms with Gasteiger partial charge in [-0.2, -0.15) is 0 Å². The predicted molar refractivity (Wildman–Crippen MR) is 84.4 cm³/mol. The van der Waals surface area contributed by atoms with Gasteiger partial charge in [0.25, 0.3) is 0 Å². The van der Waals surface area contributed by atoms with Crippen LogP contribution in [0.1, 0.15) is 37.2 Å². The van der Waals surface area contributed by atoms with Gasteiger partial charge in [-0.3, -0.25) is 10.1 Å². The minimum absolute atomic E-state index is 0.0613. The van der Waals surface area contributed by atoms with Gasteiger partial charge in [0, 0.05) is 24.5 Å². The Labute approximate surface area is 136 Å². The largest absolute Gasteiger partial charge is 0.364 e. The molecule has 0 radical (unpaired) electrons. The molecule has 3 aliphatic rings. The first kappa shape index (κ1) is 15.1. The van der Waals surface area contributed by atoms with Gasteiger partial charge >= 0.3 is 0 Å². The molecular formula is C18H23FN2O2. The smallest absolute Gasteiger partial charge is 0.225 e. The van der Waals surface area contributed by atoms with E-state index in [1.54, 1.807) is 6.07 Å². The summed E-state index contributed by atoms with van der Waals surface area (Å²) in [6.45, 7) is 2.82. The Morgan fingerprint density at radius 3 is 2.65 bits per heavy atom. The van der Waals surface area contributed by atoms with E-state index >= 15 is 0 Å². The van der Waals surface area contributed by atoms with Crippen molar-refractivity contribution < 1.29 is 13.9 Å². The summed E-state index contributed by atoms with van der Waals surface area (Å²) >= 11 is 0. The monoisotopic (exact) mass is 318 g/mol. The van der Waals surface area contributed by atoms with Crippen LogP contribution in [0.15, 0.2) is 24.3 Å². The minimum atomic E-state index is -0.120. The second kappa shape index (κ2) is 5.87. The first-order chi connectivity index (χ1) is 11.2. The highest BCUT2D eigenvalue weighted by atomic mass is 19.1. The molecule has 2 heterocycles. The van der Waals surface area contributed by atoms with Crippen molar-refractivity contribution in [2.75, 3.05) is 26.4 Å².